The number of carbonyl (C=O) groups is 1. The minimum Gasteiger partial charge on any atom is -0.453 e. The van der Waals surface area contributed by atoms with E-state index in [0.717, 1.165) is 9.31 Å². The van der Waals surface area contributed by atoms with Crippen molar-refractivity contribution >= 4 is 39.3 Å². The lowest BCUT2D eigenvalue weighted by Gasteiger charge is -2.17. The number of rotatable bonds is 10. The van der Waals surface area contributed by atoms with Crippen molar-refractivity contribution in [2.45, 2.75) is 33.1 Å². The molecule has 0 saturated carbocycles. The van der Waals surface area contributed by atoms with Crippen molar-refractivity contribution < 1.29 is 22.3 Å². The van der Waals surface area contributed by atoms with E-state index in [9.17, 15) is 13.2 Å². The van der Waals surface area contributed by atoms with Crippen LogP contribution in [0.4, 0.5) is 20.8 Å². The predicted molar refractivity (Wildman–Crippen MR) is 147 cm³/mol. The van der Waals surface area contributed by atoms with E-state index in [4.69, 9.17) is 4.98 Å². The molecule has 0 saturated heterocycles. The normalized spacial score (nSPS) is 11.9. The number of methoxy groups -OCH3 is 1. The Kier molecular flexibility index (Phi) is 9.22. The molecular weight excluding hydrogens is 533 g/mol. The number of alkyl carbamates (subject to hydrolysis) is 1. The van der Waals surface area contributed by atoms with Gasteiger partial charge in [0.25, 0.3) is 0 Å². The summed E-state index contributed by atoms with van der Waals surface area (Å²) < 4.78 is 48.8. The van der Waals surface area contributed by atoms with Crippen molar-refractivity contribution in [3.63, 3.8) is 0 Å². The second-order valence-corrected chi connectivity index (χ2v) is 12.0. The third-order valence-electron chi connectivity index (χ3n) is 5.37. The average molecular weight is 566 g/mol. The number of ether oxygens (including phenoxy) is 1. The number of amides is 1. The number of hydrogen-bond donors (Lipinski definition) is 3. The van der Waals surface area contributed by atoms with E-state index in [-0.39, 0.29) is 23.2 Å². The first-order valence-electron chi connectivity index (χ1n) is 11.8. The molecular formula is C24H32FN7O4S2. The van der Waals surface area contributed by atoms with Gasteiger partial charge < -0.3 is 15.4 Å². The minimum atomic E-state index is -3.93. The number of thiazole rings is 1. The number of nitrogens with one attached hydrogen (secondary N) is 3. The fourth-order valence-corrected chi connectivity index (χ4v) is 5.20. The summed E-state index contributed by atoms with van der Waals surface area (Å²) in [5.41, 5.74) is 0.496. The third kappa shape index (κ3) is 6.94. The number of benzene rings is 1. The van der Waals surface area contributed by atoms with Gasteiger partial charge in [-0.2, -0.15) is 12.7 Å². The zero-order valence-corrected chi connectivity index (χ0v) is 23.8. The van der Waals surface area contributed by atoms with Gasteiger partial charge in [-0.3, -0.25) is 4.72 Å². The van der Waals surface area contributed by atoms with Crippen molar-refractivity contribution in [2.75, 3.05) is 43.8 Å². The zero-order chi connectivity index (χ0) is 28.1. The molecule has 0 unspecified atom stereocenters. The maximum atomic E-state index is 15.8. The van der Waals surface area contributed by atoms with E-state index < -0.39 is 22.1 Å². The molecule has 3 N–H and O–H groups in total. The number of carbonyl (C=O) groups excluding carboxylic acids is 1. The molecule has 0 spiro atoms. The summed E-state index contributed by atoms with van der Waals surface area (Å²) in [6.45, 7) is 8.56. The molecule has 0 aliphatic carbocycles. The zero-order valence-electron chi connectivity index (χ0n) is 22.1. The Morgan fingerprint density at radius 3 is 2.58 bits per heavy atom. The number of aromatic nitrogens is 3. The van der Waals surface area contributed by atoms with Crippen LogP contribution in [0.2, 0.25) is 0 Å². The van der Waals surface area contributed by atoms with Crippen LogP contribution in [0, 0.1) is 5.82 Å². The molecule has 1 aromatic carbocycles. The Labute approximate surface area is 226 Å². The molecule has 38 heavy (non-hydrogen) atoms. The standard InChI is InChI=1S/C24H32FN7O4S2/c1-7-32(5)38(34,35)31-16-10-8-9-15(18(16)25)19-20(37-21(30-19)24(2,3)4)17-11-12-26-22(29-17)27-13-14-28-23(33)36-6/h8-12,31H,7,13-14H2,1-6H3,(H,28,33)(H,26,27,29). The Morgan fingerprint density at radius 2 is 1.92 bits per heavy atom. The highest BCUT2D eigenvalue weighted by Crippen LogP contribution is 2.41. The van der Waals surface area contributed by atoms with E-state index in [1.807, 2.05) is 20.8 Å². The van der Waals surface area contributed by atoms with Crippen LogP contribution in [-0.2, 0) is 20.4 Å². The highest BCUT2D eigenvalue weighted by Gasteiger charge is 2.27. The van der Waals surface area contributed by atoms with Gasteiger partial charge in [0, 0.05) is 43.9 Å². The molecule has 0 radical (unpaired) electrons. The van der Waals surface area contributed by atoms with Gasteiger partial charge in [0.15, 0.2) is 5.82 Å². The lowest BCUT2D eigenvalue weighted by atomic mass is 9.98. The Bertz CT molecular complexity index is 1390. The molecule has 3 rings (SSSR count). The van der Waals surface area contributed by atoms with Gasteiger partial charge in [-0.15, -0.1) is 11.3 Å². The molecule has 2 heterocycles. The monoisotopic (exact) mass is 565 g/mol. The van der Waals surface area contributed by atoms with Crippen molar-refractivity contribution in [3.8, 4) is 21.8 Å². The summed E-state index contributed by atoms with van der Waals surface area (Å²) in [4.78, 5) is 25.4. The minimum absolute atomic E-state index is 0.140. The SMILES string of the molecule is CCN(C)S(=O)(=O)Nc1cccc(-c2nc(C(C)(C)C)sc2-c2ccnc(NCCNC(=O)OC)n2)c1F. The second kappa shape index (κ2) is 12.0. The van der Waals surface area contributed by atoms with Crippen LogP contribution in [-0.4, -0.2) is 67.6 Å². The van der Waals surface area contributed by atoms with Crippen molar-refractivity contribution in [1.82, 2.24) is 24.6 Å². The van der Waals surface area contributed by atoms with Crippen LogP contribution in [0.15, 0.2) is 30.5 Å². The molecule has 2 aromatic heterocycles. The van der Waals surface area contributed by atoms with Gasteiger partial charge in [-0.25, -0.2) is 24.1 Å². The van der Waals surface area contributed by atoms with Crippen LogP contribution in [0.25, 0.3) is 21.8 Å². The van der Waals surface area contributed by atoms with Gasteiger partial charge in [0.1, 0.15) is 0 Å². The summed E-state index contributed by atoms with van der Waals surface area (Å²) in [5.74, 6) is -0.427. The van der Waals surface area contributed by atoms with Gasteiger partial charge >= 0.3 is 16.3 Å². The Balaban J connectivity index is 2.02. The molecule has 0 atom stereocenters. The molecule has 0 aliphatic rings. The maximum absolute atomic E-state index is 15.8. The van der Waals surface area contributed by atoms with E-state index in [0.29, 0.717) is 35.3 Å². The quantitative estimate of drug-likeness (QED) is 0.313. The van der Waals surface area contributed by atoms with Crippen LogP contribution >= 0.6 is 11.3 Å². The topological polar surface area (TPSA) is 138 Å². The summed E-state index contributed by atoms with van der Waals surface area (Å²) in [7, 11) is -1.24. The number of halogens is 1. The molecule has 11 nitrogen and oxygen atoms in total. The Hall–Kier alpha value is -3.36. The third-order valence-corrected chi connectivity index (χ3v) is 8.43. The van der Waals surface area contributed by atoms with Crippen LogP contribution in [0.3, 0.4) is 0 Å². The number of hydrogen-bond acceptors (Lipinski definition) is 9. The molecule has 0 aliphatic heterocycles. The van der Waals surface area contributed by atoms with Crippen molar-refractivity contribution in [3.05, 3.63) is 41.3 Å². The van der Waals surface area contributed by atoms with E-state index in [1.165, 1.54) is 31.6 Å². The van der Waals surface area contributed by atoms with Gasteiger partial charge in [-0.05, 0) is 18.2 Å². The fraction of sp³-hybridized carbons (Fsp3) is 0.417. The largest absolute Gasteiger partial charge is 0.453 e. The lowest BCUT2D eigenvalue weighted by molar-refractivity contribution is 0.171. The van der Waals surface area contributed by atoms with Gasteiger partial charge in [0.05, 0.1) is 34.1 Å². The average Bonchev–Trinajstić information content (AvgIpc) is 3.33. The molecule has 0 bridgehead atoms. The molecule has 0 fully saturated rings. The predicted octanol–water partition coefficient (Wildman–Crippen LogP) is 4.08. The fourth-order valence-electron chi connectivity index (χ4n) is 3.16. The number of anilines is 2. The van der Waals surface area contributed by atoms with E-state index in [1.54, 1.807) is 31.3 Å². The second-order valence-electron chi connectivity index (χ2n) is 9.25. The van der Waals surface area contributed by atoms with Crippen LogP contribution < -0.4 is 15.4 Å². The van der Waals surface area contributed by atoms with E-state index in [2.05, 4.69) is 30.1 Å². The van der Waals surface area contributed by atoms with Crippen molar-refractivity contribution in [1.29, 1.82) is 0 Å². The Morgan fingerprint density at radius 1 is 1.18 bits per heavy atom. The smallest absolute Gasteiger partial charge is 0.406 e. The highest BCUT2D eigenvalue weighted by molar-refractivity contribution is 7.90. The summed E-state index contributed by atoms with van der Waals surface area (Å²) in [6.07, 6.45) is 1.03. The lowest BCUT2D eigenvalue weighted by Crippen LogP contribution is -2.32. The highest BCUT2D eigenvalue weighted by atomic mass is 32.2. The number of nitrogens with zero attached hydrogens (tertiary/aromatic N) is 4. The van der Waals surface area contributed by atoms with Gasteiger partial charge in [-0.1, -0.05) is 33.8 Å². The summed E-state index contributed by atoms with van der Waals surface area (Å²) in [6, 6.07) is 6.19. The first-order chi connectivity index (χ1) is 17.9. The van der Waals surface area contributed by atoms with Crippen molar-refractivity contribution in [2.24, 2.45) is 0 Å². The van der Waals surface area contributed by atoms with Crippen LogP contribution in [0.5, 0.6) is 0 Å². The first-order valence-corrected chi connectivity index (χ1v) is 14.1. The van der Waals surface area contributed by atoms with E-state index >= 15 is 4.39 Å². The maximum Gasteiger partial charge on any atom is 0.406 e. The van der Waals surface area contributed by atoms with Gasteiger partial charge in [0.2, 0.25) is 5.95 Å². The summed E-state index contributed by atoms with van der Waals surface area (Å²) in [5, 5.41) is 6.34. The first kappa shape index (κ1) is 29.2. The molecule has 206 valence electrons. The molecule has 14 heteroatoms. The molecule has 1 amide bonds. The molecule has 3 aromatic rings. The summed E-state index contributed by atoms with van der Waals surface area (Å²) >= 11 is 1.38. The van der Waals surface area contributed by atoms with Crippen LogP contribution in [0.1, 0.15) is 32.7 Å².